The van der Waals surface area contributed by atoms with Crippen molar-refractivity contribution in [2.75, 3.05) is 49.7 Å². The Bertz CT molecular complexity index is 928. The van der Waals surface area contributed by atoms with Gasteiger partial charge in [0.15, 0.2) is 11.6 Å². The minimum Gasteiger partial charge on any atom is -0.442 e. The Kier molecular flexibility index (Phi) is 7.59. The van der Waals surface area contributed by atoms with Gasteiger partial charge < -0.3 is 29.5 Å². The summed E-state index contributed by atoms with van der Waals surface area (Å²) in [7, 11) is -3.44. The molecule has 33 heavy (non-hydrogen) atoms. The van der Waals surface area contributed by atoms with Crippen LogP contribution >= 0.6 is 7.82 Å². The van der Waals surface area contributed by atoms with Crippen LogP contribution in [0.4, 0.5) is 25.0 Å². The molecule has 2 fully saturated rings. The number of amides is 2. The number of cyclic esters (lactones) is 1. The molecule has 2 saturated heterocycles. The third-order valence-electron chi connectivity index (χ3n) is 5.48. The number of halogens is 2. The molecule has 2 aliphatic heterocycles. The average Bonchev–Trinajstić information content (AvgIpc) is 3.07. The highest BCUT2D eigenvalue weighted by molar-refractivity contribution is 7.46. The summed E-state index contributed by atoms with van der Waals surface area (Å²) >= 11 is 0. The first kappa shape index (κ1) is 25.3. The fraction of sp³-hybridized carbons (Fsp3) is 0.579. The second kappa shape index (κ2) is 9.90. The molecule has 11 nitrogen and oxygen atoms in total. The second-order valence-electron chi connectivity index (χ2n) is 8.00. The number of carbonyl (C=O) groups excluding carboxylic acids is 2. The number of piperidine rings is 1. The smallest absolute Gasteiger partial charge is 0.442 e. The molecular formula is C19H26F2N3O8P. The number of phosphoric ester groups is 1. The van der Waals surface area contributed by atoms with Crippen molar-refractivity contribution in [2.24, 2.45) is 0 Å². The van der Waals surface area contributed by atoms with E-state index >= 15 is 0 Å². The molecule has 0 radical (unpaired) electrons. The van der Waals surface area contributed by atoms with Crippen molar-refractivity contribution < 1.29 is 46.7 Å². The van der Waals surface area contributed by atoms with Crippen LogP contribution < -0.4 is 15.1 Å². The van der Waals surface area contributed by atoms with E-state index in [4.69, 9.17) is 14.0 Å². The summed E-state index contributed by atoms with van der Waals surface area (Å²) in [6.07, 6.45) is -1.31. The lowest BCUT2D eigenvalue weighted by atomic mass is 9.92. The number of hydrogen-bond donors (Lipinski definition) is 3. The Balaban J connectivity index is 1.73. The van der Waals surface area contributed by atoms with Gasteiger partial charge in [0.25, 0.3) is 0 Å². The number of phosphoric acid groups is 1. The minimum atomic E-state index is -4.80. The van der Waals surface area contributed by atoms with E-state index in [0.29, 0.717) is 0 Å². The summed E-state index contributed by atoms with van der Waals surface area (Å²) in [4.78, 5) is 44.1. The van der Waals surface area contributed by atoms with Crippen molar-refractivity contribution in [3.63, 3.8) is 0 Å². The highest BCUT2D eigenvalue weighted by Gasteiger charge is 2.42. The predicted molar refractivity (Wildman–Crippen MR) is 112 cm³/mol. The molecule has 0 aromatic heterocycles. The molecule has 1 atom stereocenters. The van der Waals surface area contributed by atoms with Crippen molar-refractivity contribution >= 4 is 31.2 Å². The number of carbonyl (C=O) groups is 2. The van der Waals surface area contributed by atoms with E-state index in [1.807, 2.05) is 0 Å². The molecule has 3 N–H and O–H groups in total. The second-order valence-corrected chi connectivity index (χ2v) is 9.16. The minimum absolute atomic E-state index is 0.0142. The van der Waals surface area contributed by atoms with E-state index in [9.17, 15) is 32.7 Å². The summed E-state index contributed by atoms with van der Waals surface area (Å²) in [5.74, 6) is -2.11. The largest absolute Gasteiger partial charge is 0.470 e. The Morgan fingerprint density at radius 1 is 1.30 bits per heavy atom. The van der Waals surface area contributed by atoms with Crippen LogP contribution in [-0.4, -0.2) is 73.4 Å². The Morgan fingerprint density at radius 3 is 2.42 bits per heavy atom. The zero-order valence-electron chi connectivity index (χ0n) is 18.1. The van der Waals surface area contributed by atoms with Gasteiger partial charge in [0, 0.05) is 39.3 Å². The van der Waals surface area contributed by atoms with E-state index in [1.165, 1.54) is 18.9 Å². The normalized spacial score (nSPS) is 20.7. The van der Waals surface area contributed by atoms with Gasteiger partial charge in [-0.3, -0.25) is 14.2 Å². The summed E-state index contributed by atoms with van der Waals surface area (Å²) in [5, 5.41) is 2.52. The van der Waals surface area contributed by atoms with Gasteiger partial charge in [-0.15, -0.1) is 0 Å². The fourth-order valence-corrected chi connectivity index (χ4v) is 4.76. The van der Waals surface area contributed by atoms with Gasteiger partial charge in [0.2, 0.25) is 5.91 Å². The van der Waals surface area contributed by atoms with Crippen molar-refractivity contribution in [3.05, 3.63) is 23.8 Å². The van der Waals surface area contributed by atoms with Crippen molar-refractivity contribution in [3.8, 4) is 0 Å². The van der Waals surface area contributed by atoms with Crippen LogP contribution in [-0.2, 0) is 23.4 Å². The average molecular weight is 493 g/mol. The number of benzene rings is 1. The van der Waals surface area contributed by atoms with Gasteiger partial charge in [-0.25, -0.2) is 18.1 Å². The molecule has 1 aromatic carbocycles. The molecule has 184 valence electrons. The Morgan fingerprint density at radius 2 is 1.91 bits per heavy atom. The van der Waals surface area contributed by atoms with Crippen LogP contribution in [0.15, 0.2) is 12.1 Å². The molecule has 0 bridgehead atoms. The number of nitrogens with zero attached hydrogens (tertiary/aromatic N) is 2. The lowest BCUT2D eigenvalue weighted by molar-refractivity contribution is -0.119. The summed E-state index contributed by atoms with van der Waals surface area (Å²) in [6.45, 7) is 1.43. The highest BCUT2D eigenvalue weighted by Crippen LogP contribution is 2.46. The molecule has 0 aliphatic carbocycles. The molecule has 14 heteroatoms. The van der Waals surface area contributed by atoms with Crippen molar-refractivity contribution in [1.82, 2.24) is 5.32 Å². The highest BCUT2D eigenvalue weighted by atomic mass is 31.2. The lowest BCUT2D eigenvalue weighted by Crippen LogP contribution is -2.48. The Labute approximate surface area is 188 Å². The van der Waals surface area contributed by atoms with Crippen molar-refractivity contribution in [2.45, 2.75) is 31.5 Å². The van der Waals surface area contributed by atoms with Gasteiger partial charge in [-0.2, -0.15) is 0 Å². The number of nitrogens with one attached hydrogen (secondary N) is 1. The van der Waals surface area contributed by atoms with E-state index < -0.39 is 37.3 Å². The first-order chi connectivity index (χ1) is 15.4. The van der Waals surface area contributed by atoms with Crippen molar-refractivity contribution in [1.29, 1.82) is 0 Å². The van der Waals surface area contributed by atoms with Gasteiger partial charge in [0.1, 0.15) is 17.4 Å². The molecule has 2 heterocycles. The van der Waals surface area contributed by atoms with E-state index in [-0.39, 0.29) is 62.9 Å². The number of ether oxygens (including phenoxy) is 2. The standard InChI is InChI=1S/C19H26F2N3O8P/c1-12(25)22-9-14-10-24(18(26)31-14)13-7-15(20)17(16(21)8-13)23-5-3-19(4-6-23,11-30-2)32-33(27,28)29/h7-8,14H,3-6,9-11H2,1-2H3,(H,22,25)(H2,27,28,29)/t14-/m1/s1. The van der Waals surface area contributed by atoms with Gasteiger partial charge in [-0.1, -0.05) is 0 Å². The fourth-order valence-electron chi connectivity index (χ4n) is 4.02. The first-order valence-electron chi connectivity index (χ1n) is 10.1. The van der Waals surface area contributed by atoms with E-state index in [2.05, 4.69) is 5.32 Å². The summed E-state index contributed by atoms with van der Waals surface area (Å²) in [5.41, 5.74) is -1.62. The lowest BCUT2D eigenvalue weighted by Gasteiger charge is -2.41. The molecule has 2 aliphatic rings. The topological polar surface area (TPSA) is 138 Å². The van der Waals surface area contributed by atoms with Gasteiger partial charge >= 0.3 is 13.9 Å². The molecule has 3 rings (SSSR count). The summed E-state index contributed by atoms with van der Waals surface area (Å²) in [6, 6.07) is 2.03. The monoisotopic (exact) mass is 493 g/mol. The quantitative estimate of drug-likeness (QED) is 0.460. The van der Waals surface area contributed by atoms with E-state index in [1.54, 1.807) is 0 Å². The van der Waals surface area contributed by atoms with Gasteiger partial charge in [-0.05, 0) is 12.8 Å². The molecule has 0 saturated carbocycles. The maximum absolute atomic E-state index is 14.9. The zero-order valence-corrected chi connectivity index (χ0v) is 19.0. The number of rotatable bonds is 8. The van der Waals surface area contributed by atoms with Crippen LogP contribution in [0.1, 0.15) is 19.8 Å². The summed E-state index contributed by atoms with van der Waals surface area (Å²) < 4.78 is 56.3. The molecule has 1 aromatic rings. The maximum atomic E-state index is 14.9. The molecular weight excluding hydrogens is 467 g/mol. The Hall–Kier alpha value is -2.31. The van der Waals surface area contributed by atoms with Crippen LogP contribution in [0.25, 0.3) is 0 Å². The first-order valence-corrected chi connectivity index (χ1v) is 11.7. The van der Waals surface area contributed by atoms with Crippen LogP contribution in [0, 0.1) is 11.6 Å². The SMILES string of the molecule is COCC1(OP(=O)(O)O)CCN(c2c(F)cc(N3C[C@@H](CNC(C)=O)OC3=O)cc2F)CC1. The predicted octanol–water partition coefficient (Wildman–Crippen LogP) is 1.52. The molecule has 2 amide bonds. The number of methoxy groups -OCH3 is 1. The third-order valence-corrected chi connectivity index (χ3v) is 6.10. The maximum Gasteiger partial charge on any atom is 0.470 e. The number of hydrogen-bond acceptors (Lipinski definition) is 7. The van der Waals surface area contributed by atoms with Crippen LogP contribution in [0.5, 0.6) is 0 Å². The number of anilines is 2. The zero-order chi connectivity index (χ0) is 24.4. The van der Waals surface area contributed by atoms with Crippen LogP contribution in [0.2, 0.25) is 0 Å². The van der Waals surface area contributed by atoms with E-state index in [0.717, 1.165) is 17.0 Å². The third kappa shape index (κ3) is 6.18. The van der Waals surface area contributed by atoms with Crippen LogP contribution in [0.3, 0.4) is 0 Å². The van der Waals surface area contributed by atoms with Gasteiger partial charge in [0.05, 0.1) is 25.4 Å². The molecule has 0 unspecified atom stereocenters. The molecule has 0 spiro atoms.